The van der Waals surface area contributed by atoms with Gasteiger partial charge in [0.05, 0.1) is 12.8 Å². The van der Waals surface area contributed by atoms with Crippen LogP contribution in [0.3, 0.4) is 0 Å². The molecule has 1 aliphatic rings. The molecule has 0 aromatic heterocycles. The van der Waals surface area contributed by atoms with Gasteiger partial charge in [-0.1, -0.05) is 32.4 Å². The van der Waals surface area contributed by atoms with Crippen molar-refractivity contribution in [1.29, 1.82) is 0 Å². The van der Waals surface area contributed by atoms with Gasteiger partial charge >= 0.3 is 6.09 Å². The Labute approximate surface area is 120 Å². The van der Waals surface area contributed by atoms with Crippen molar-refractivity contribution in [2.75, 3.05) is 12.4 Å². The summed E-state index contributed by atoms with van der Waals surface area (Å²) < 4.78 is 10.8. The van der Waals surface area contributed by atoms with E-state index in [-0.39, 0.29) is 6.10 Å². The van der Waals surface area contributed by atoms with Gasteiger partial charge in [0.15, 0.2) is 0 Å². The number of anilines is 1. The van der Waals surface area contributed by atoms with Crippen molar-refractivity contribution in [1.82, 2.24) is 0 Å². The van der Waals surface area contributed by atoms with E-state index in [0.717, 1.165) is 12.8 Å². The highest BCUT2D eigenvalue weighted by molar-refractivity contribution is 5.86. The first kappa shape index (κ1) is 14.7. The minimum Gasteiger partial charge on any atom is -0.495 e. The topological polar surface area (TPSA) is 47.6 Å². The van der Waals surface area contributed by atoms with Gasteiger partial charge in [-0.3, -0.25) is 5.32 Å². The van der Waals surface area contributed by atoms with Gasteiger partial charge in [0.25, 0.3) is 0 Å². The summed E-state index contributed by atoms with van der Waals surface area (Å²) in [6.45, 7) is 4.30. The molecule has 0 radical (unpaired) electrons. The van der Waals surface area contributed by atoms with Crippen LogP contribution in [-0.2, 0) is 4.74 Å². The Balaban J connectivity index is 1.98. The number of carbonyl (C=O) groups excluding carboxylic acids is 1. The Morgan fingerprint density at radius 3 is 2.50 bits per heavy atom. The van der Waals surface area contributed by atoms with Crippen molar-refractivity contribution in [3.63, 3.8) is 0 Å². The zero-order valence-electron chi connectivity index (χ0n) is 12.4. The van der Waals surface area contributed by atoms with E-state index in [4.69, 9.17) is 9.47 Å². The van der Waals surface area contributed by atoms with Crippen LogP contribution in [0.25, 0.3) is 0 Å². The van der Waals surface area contributed by atoms with Crippen LogP contribution in [0.2, 0.25) is 0 Å². The van der Waals surface area contributed by atoms with E-state index in [1.165, 1.54) is 6.42 Å². The maximum absolute atomic E-state index is 12.1. The van der Waals surface area contributed by atoms with Gasteiger partial charge in [0.2, 0.25) is 0 Å². The summed E-state index contributed by atoms with van der Waals surface area (Å²) in [5.41, 5.74) is 0.635. The molecule has 1 saturated carbocycles. The fraction of sp³-hybridized carbons (Fsp3) is 0.562. The Bertz CT molecular complexity index is 451. The van der Waals surface area contributed by atoms with Crippen molar-refractivity contribution in [2.45, 2.75) is 39.2 Å². The largest absolute Gasteiger partial charge is 0.495 e. The third kappa shape index (κ3) is 3.44. The van der Waals surface area contributed by atoms with Gasteiger partial charge in [-0.15, -0.1) is 0 Å². The van der Waals surface area contributed by atoms with Crippen molar-refractivity contribution in [2.24, 2.45) is 11.8 Å². The maximum Gasteiger partial charge on any atom is 0.412 e. The quantitative estimate of drug-likeness (QED) is 0.906. The normalized spacial score (nSPS) is 25.9. The lowest BCUT2D eigenvalue weighted by Gasteiger charge is -2.33. The average Bonchev–Trinajstić information content (AvgIpc) is 2.44. The Hall–Kier alpha value is -1.71. The highest BCUT2D eigenvalue weighted by atomic mass is 16.6. The fourth-order valence-electron chi connectivity index (χ4n) is 2.89. The predicted octanol–water partition coefficient (Wildman–Crippen LogP) is 4.07. The highest BCUT2D eigenvalue weighted by Crippen LogP contribution is 2.31. The molecule has 110 valence electrons. The number of rotatable bonds is 3. The highest BCUT2D eigenvalue weighted by Gasteiger charge is 2.31. The summed E-state index contributed by atoms with van der Waals surface area (Å²) in [7, 11) is 1.58. The third-order valence-corrected chi connectivity index (χ3v) is 4.03. The van der Waals surface area contributed by atoms with E-state index in [9.17, 15) is 4.79 Å². The molecule has 0 spiro atoms. The summed E-state index contributed by atoms with van der Waals surface area (Å²) in [6.07, 6.45) is 3.06. The van der Waals surface area contributed by atoms with Crippen LogP contribution < -0.4 is 10.1 Å². The second kappa shape index (κ2) is 6.64. The van der Waals surface area contributed by atoms with E-state index < -0.39 is 6.09 Å². The zero-order valence-corrected chi connectivity index (χ0v) is 12.4. The predicted molar refractivity (Wildman–Crippen MR) is 79.1 cm³/mol. The number of ether oxygens (including phenoxy) is 2. The minimum absolute atomic E-state index is 0.00143. The van der Waals surface area contributed by atoms with Crippen LogP contribution in [0.15, 0.2) is 24.3 Å². The fourth-order valence-corrected chi connectivity index (χ4v) is 2.89. The molecule has 4 heteroatoms. The molecule has 1 fully saturated rings. The molecule has 2 unspecified atom stereocenters. The van der Waals surface area contributed by atoms with Crippen molar-refractivity contribution in [3.8, 4) is 5.75 Å². The van der Waals surface area contributed by atoms with Crippen molar-refractivity contribution in [3.05, 3.63) is 24.3 Å². The van der Waals surface area contributed by atoms with Gasteiger partial charge in [-0.2, -0.15) is 0 Å². The second-order valence-electron chi connectivity index (χ2n) is 5.58. The number of benzene rings is 1. The molecule has 1 amide bonds. The Morgan fingerprint density at radius 1 is 1.20 bits per heavy atom. The molecule has 1 N–H and O–H groups in total. The summed E-state index contributed by atoms with van der Waals surface area (Å²) in [5, 5.41) is 2.76. The lowest BCUT2D eigenvalue weighted by Crippen LogP contribution is -2.36. The lowest BCUT2D eigenvalue weighted by molar-refractivity contribution is 0.0169. The molecular weight excluding hydrogens is 254 g/mol. The monoisotopic (exact) mass is 277 g/mol. The van der Waals surface area contributed by atoms with Gasteiger partial charge in [-0.05, 0) is 36.8 Å². The molecule has 0 aliphatic heterocycles. The molecule has 1 aliphatic carbocycles. The Kier molecular flexibility index (Phi) is 4.88. The SMILES string of the molecule is COc1ccccc1NC(=O)OC1C(C)CCCC1C. The van der Waals surface area contributed by atoms with Crippen LogP contribution in [0, 0.1) is 11.8 Å². The maximum atomic E-state index is 12.1. The van der Waals surface area contributed by atoms with Gasteiger partial charge < -0.3 is 9.47 Å². The number of hydrogen-bond donors (Lipinski definition) is 1. The number of hydrogen-bond acceptors (Lipinski definition) is 3. The molecule has 2 rings (SSSR count). The van der Waals surface area contributed by atoms with Crippen LogP contribution in [0.5, 0.6) is 5.75 Å². The molecule has 20 heavy (non-hydrogen) atoms. The number of carbonyl (C=O) groups is 1. The zero-order chi connectivity index (χ0) is 14.5. The summed E-state index contributed by atoms with van der Waals surface area (Å²) >= 11 is 0. The van der Waals surface area contributed by atoms with Crippen LogP contribution in [0.1, 0.15) is 33.1 Å². The van der Waals surface area contributed by atoms with Gasteiger partial charge in [-0.25, -0.2) is 4.79 Å². The smallest absolute Gasteiger partial charge is 0.412 e. The van der Waals surface area contributed by atoms with E-state index >= 15 is 0 Å². The van der Waals surface area contributed by atoms with E-state index in [1.54, 1.807) is 13.2 Å². The summed E-state index contributed by atoms with van der Waals surface area (Å²) in [4.78, 5) is 12.1. The lowest BCUT2D eigenvalue weighted by atomic mass is 9.81. The molecule has 2 atom stereocenters. The molecule has 0 bridgehead atoms. The second-order valence-corrected chi connectivity index (χ2v) is 5.58. The van der Waals surface area contributed by atoms with E-state index in [2.05, 4.69) is 19.2 Å². The molecule has 1 aromatic rings. The first-order valence-electron chi connectivity index (χ1n) is 7.22. The first-order valence-corrected chi connectivity index (χ1v) is 7.22. The van der Waals surface area contributed by atoms with Crippen LogP contribution in [-0.4, -0.2) is 19.3 Å². The van der Waals surface area contributed by atoms with Crippen molar-refractivity contribution < 1.29 is 14.3 Å². The van der Waals surface area contributed by atoms with Crippen molar-refractivity contribution >= 4 is 11.8 Å². The van der Waals surface area contributed by atoms with Gasteiger partial charge in [0.1, 0.15) is 11.9 Å². The Morgan fingerprint density at radius 2 is 1.85 bits per heavy atom. The van der Waals surface area contributed by atoms with Gasteiger partial charge in [0, 0.05) is 0 Å². The number of para-hydroxylation sites is 2. The molecule has 4 nitrogen and oxygen atoms in total. The van der Waals surface area contributed by atoms with E-state index in [0.29, 0.717) is 23.3 Å². The summed E-state index contributed by atoms with van der Waals surface area (Å²) in [6, 6.07) is 7.32. The average molecular weight is 277 g/mol. The van der Waals surface area contributed by atoms with E-state index in [1.807, 2.05) is 18.2 Å². The first-order chi connectivity index (χ1) is 9.61. The molecule has 0 heterocycles. The summed E-state index contributed by atoms with van der Waals surface area (Å²) in [5.74, 6) is 1.47. The third-order valence-electron chi connectivity index (χ3n) is 4.03. The molecule has 0 saturated heterocycles. The number of amides is 1. The minimum atomic E-state index is -0.403. The molecule has 1 aromatic carbocycles. The molecular formula is C16H23NO3. The van der Waals surface area contributed by atoms with Crippen LogP contribution in [0.4, 0.5) is 10.5 Å². The standard InChI is InChI=1S/C16H23NO3/c1-11-7-6-8-12(2)15(11)20-16(18)17-13-9-4-5-10-14(13)19-3/h4-5,9-12,15H,6-8H2,1-3H3,(H,17,18). The number of methoxy groups -OCH3 is 1. The van der Waals surface area contributed by atoms with Crippen LogP contribution >= 0.6 is 0 Å². The number of nitrogens with one attached hydrogen (secondary N) is 1.